The van der Waals surface area contributed by atoms with Crippen LogP contribution < -0.4 is 0 Å². The standard InChI is InChI=1S/C20H20O4/c1-2-23-19(22)20(16-11-7-4-8-12-16)17(13-14-24-20)18(21)15-9-5-3-6-10-15/h3-12,17H,2,13-14H2,1H3/t17-,20-/m0/s1. The molecule has 1 saturated heterocycles. The van der Waals surface area contributed by atoms with Crippen LogP contribution in [0.3, 0.4) is 0 Å². The summed E-state index contributed by atoms with van der Waals surface area (Å²) in [5, 5.41) is 0. The lowest BCUT2D eigenvalue weighted by molar-refractivity contribution is -0.170. The molecule has 2 aromatic rings. The van der Waals surface area contributed by atoms with Crippen molar-refractivity contribution >= 4 is 11.8 Å². The lowest BCUT2D eigenvalue weighted by atomic mass is 9.77. The van der Waals surface area contributed by atoms with Gasteiger partial charge < -0.3 is 9.47 Å². The largest absolute Gasteiger partial charge is 0.464 e. The van der Waals surface area contributed by atoms with Crippen LogP contribution in [0.15, 0.2) is 60.7 Å². The van der Waals surface area contributed by atoms with Crippen molar-refractivity contribution in [1.29, 1.82) is 0 Å². The number of esters is 1. The van der Waals surface area contributed by atoms with Crippen LogP contribution in [0.2, 0.25) is 0 Å². The molecule has 0 unspecified atom stereocenters. The van der Waals surface area contributed by atoms with E-state index in [4.69, 9.17) is 9.47 Å². The van der Waals surface area contributed by atoms with Gasteiger partial charge in [-0.3, -0.25) is 4.79 Å². The van der Waals surface area contributed by atoms with Gasteiger partial charge in [0, 0.05) is 12.2 Å². The van der Waals surface area contributed by atoms with E-state index in [1.54, 1.807) is 19.1 Å². The summed E-state index contributed by atoms with van der Waals surface area (Å²) < 4.78 is 11.2. The van der Waals surface area contributed by atoms with E-state index in [1.807, 2.05) is 48.5 Å². The van der Waals surface area contributed by atoms with E-state index in [1.165, 1.54) is 0 Å². The SMILES string of the molecule is CCOC(=O)[C@@]1(c2ccccc2)OCC[C@H]1C(=O)c1ccccc1. The molecule has 1 aliphatic heterocycles. The van der Waals surface area contributed by atoms with Crippen molar-refractivity contribution in [3.8, 4) is 0 Å². The van der Waals surface area contributed by atoms with Gasteiger partial charge in [0.25, 0.3) is 0 Å². The molecule has 0 N–H and O–H groups in total. The van der Waals surface area contributed by atoms with E-state index in [-0.39, 0.29) is 12.4 Å². The second-order valence-corrected chi connectivity index (χ2v) is 5.74. The average Bonchev–Trinajstić information content (AvgIpc) is 3.09. The molecular weight excluding hydrogens is 304 g/mol. The molecule has 1 heterocycles. The van der Waals surface area contributed by atoms with Crippen molar-refractivity contribution in [1.82, 2.24) is 0 Å². The van der Waals surface area contributed by atoms with Gasteiger partial charge in [-0.05, 0) is 18.9 Å². The molecule has 24 heavy (non-hydrogen) atoms. The lowest BCUT2D eigenvalue weighted by Gasteiger charge is -2.31. The number of rotatable bonds is 5. The fourth-order valence-electron chi connectivity index (χ4n) is 3.29. The maximum atomic E-state index is 13.1. The Morgan fingerprint density at radius 2 is 1.71 bits per heavy atom. The predicted molar refractivity (Wildman–Crippen MR) is 89.6 cm³/mol. The van der Waals surface area contributed by atoms with Crippen molar-refractivity contribution in [2.75, 3.05) is 13.2 Å². The highest BCUT2D eigenvalue weighted by Gasteiger charge is 2.56. The number of hydrogen-bond donors (Lipinski definition) is 0. The van der Waals surface area contributed by atoms with Gasteiger partial charge in [-0.2, -0.15) is 0 Å². The zero-order chi connectivity index (χ0) is 17.0. The fraction of sp³-hybridized carbons (Fsp3) is 0.300. The first-order chi connectivity index (χ1) is 11.7. The van der Waals surface area contributed by atoms with E-state index >= 15 is 0 Å². The summed E-state index contributed by atoms with van der Waals surface area (Å²) in [5.41, 5.74) is -0.127. The quantitative estimate of drug-likeness (QED) is 0.625. The molecule has 0 saturated carbocycles. The molecule has 124 valence electrons. The zero-order valence-electron chi connectivity index (χ0n) is 13.6. The van der Waals surface area contributed by atoms with Gasteiger partial charge in [0.2, 0.25) is 0 Å². The Balaban J connectivity index is 2.07. The number of ether oxygens (including phenoxy) is 2. The minimum absolute atomic E-state index is 0.0926. The maximum Gasteiger partial charge on any atom is 0.343 e. The average molecular weight is 324 g/mol. The van der Waals surface area contributed by atoms with E-state index in [2.05, 4.69) is 0 Å². The van der Waals surface area contributed by atoms with Gasteiger partial charge >= 0.3 is 5.97 Å². The van der Waals surface area contributed by atoms with Crippen LogP contribution in [0.25, 0.3) is 0 Å². The number of benzene rings is 2. The third-order valence-corrected chi connectivity index (χ3v) is 4.38. The molecule has 0 aromatic heterocycles. The van der Waals surface area contributed by atoms with E-state index < -0.39 is 17.5 Å². The fourth-order valence-corrected chi connectivity index (χ4v) is 3.29. The molecule has 2 aromatic carbocycles. The Hall–Kier alpha value is -2.46. The molecule has 0 aliphatic carbocycles. The predicted octanol–water partition coefficient (Wildman–Crippen LogP) is 3.36. The number of ketones is 1. The molecule has 1 fully saturated rings. The number of hydrogen-bond acceptors (Lipinski definition) is 4. The summed E-state index contributed by atoms with van der Waals surface area (Å²) in [7, 11) is 0. The zero-order valence-corrected chi connectivity index (χ0v) is 13.6. The van der Waals surface area contributed by atoms with Gasteiger partial charge in [-0.25, -0.2) is 4.79 Å². The summed E-state index contributed by atoms with van der Waals surface area (Å²) in [5.74, 6) is -1.19. The van der Waals surface area contributed by atoms with Crippen molar-refractivity contribution in [2.24, 2.45) is 5.92 Å². The van der Waals surface area contributed by atoms with Gasteiger partial charge in [0.1, 0.15) is 0 Å². The van der Waals surface area contributed by atoms with E-state index in [0.717, 1.165) is 0 Å². The highest BCUT2D eigenvalue weighted by Crippen LogP contribution is 2.44. The Morgan fingerprint density at radius 1 is 1.08 bits per heavy atom. The molecule has 4 heteroatoms. The first kappa shape index (κ1) is 16.4. The van der Waals surface area contributed by atoms with Crippen LogP contribution in [0, 0.1) is 5.92 Å². The summed E-state index contributed by atoms with van der Waals surface area (Å²) in [6.45, 7) is 2.33. The smallest absolute Gasteiger partial charge is 0.343 e. The second kappa shape index (κ2) is 6.97. The topological polar surface area (TPSA) is 52.6 Å². The first-order valence-electron chi connectivity index (χ1n) is 8.16. The summed E-state index contributed by atoms with van der Waals surface area (Å²) >= 11 is 0. The molecule has 2 atom stereocenters. The van der Waals surface area contributed by atoms with E-state index in [9.17, 15) is 9.59 Å². The molecule has 3 rings (SSSR count). The monoisotopic (exact) mass is 324 g/mol. The van der Waals surface area contributed by atoms with Crippen molar-refractivity contribution in [3.05, 3.63) is 71.8 Å². The summed E-state index contributed by atoms with van der Waals surface area (Å²) in [4.78, 5) is 25.9. The minimum atomic E-state index is -1.37. The molecule has 0 spiro atoms. The third-order valence-electron chi connectivity index (χ3n) is 4.38. The Morgan fingerprint density at radius 3 is 2.33 bits per heavy atom. The summed E-state index contributed by atoms with van der Waals surface area (Å²) in [6, 6.07) is 18.2. The Bertz CT molecular complexity index is 711. The molecule has 4 nitrogen and oxygen atoms in total. The van der Waals surface area contributed by atoms with Crippen LogP contribution in [0.1, 0.15) is 29.3 Å². The third kappa shape index (κ3) is 2.74. The molecular formula is C20H20O4. The van der Waals surface area contributed by atoms with Gasteiger partial charge in [-0.1, -0.05) is 60.7 Å². The van der Waals surface area contributed by atoms with Crippen LogP contribution in [-0.4, -0.2) is 25.0 Å². The van der Waals surface area contributed by atoms with Crippen molar-refractivity contribution in [3.63, 3.8) is 0 Å². The Labute approximate surface area is 141 Å². The lowest BCUT2D eigenvalue weighted by Crippen LogP contribution is -2.45. The maximum absolute atomic E-state index is 13.1. The van der Waals surface area contributed by atoms with Gasteiger partial charge in [0.05, 0.1) is 12.5 Å². The number of carbonyl (C=O) groups is 2. The van der Waals surface area contributed by atoms with Crippen LogP contribution in [0.5, 0.6) is 0 Å². The molecule has 1 aliphatic rings. The highest BCUT2D eigenvalue weighted by molar-refractivity contribution is 6.02. The first-order valence-corrected chi connectivity index (χ1v) is 8.16. The van der Waals surface area contributed by atoms with Crippen LogP contribution in [-0.2, 0) is 19.9 Å². The van der Waals surface area contributed by atoms with Crippen LogP contribution in [0.4, 0.5) is 0 Å². The molecule has 0 bridgehead atoms. The van der Waals surface area contributed by atoms with Gasteiger partial charge in [0.15, 0.2) is 11.4 Å². The van der Waals surface area contributed by atoms with Crippen LogP contribution >= 0.6 is 0 Å². The van der Waals surface area contributed by atoms with Gasteiger partial charge in [-0.15, -0.1) is 0 Å². The second-order valence-electron chi connectivity index (χ2n) is 5.74. The highest BCUT2D eigenvalue weighted by atomic mass is 16.6. The molecule has 0 amide bonds. The van der Waals surface area contributed by atoms with E-state index in [0.29, 0.717) is 24.2 Å². The normalized spacial score (nSPS) is 23.0. The Kier molecular flexibility index (Phi) is 4.76. The summed E-state index contributed by atoms with van der Waals surface area (Å²) in [6.07, 6.45) is 0.488. The molecule has 0 radical (unpaired) electrons. The number of Topliss-reactive ketones (excluding diaryl/α,β-unsaturated/α-hetero) is 1. The van der Waals surface area contributed by atoms with Crippen molar-refractivity contribution < 1.29 is 19.1 Å². The minimum Gasteiger partial charge on any atom is -0.464 e. The van der Waals surface area contributed by atoms with Crippen molar-refractivity contribution in [2.45, 2.75) is 18.9 Å². The number of carbonyl (C=O) groups excluding carboxylic acids is 2.